The van der Waals surface area contributed by atoms with Crippen LogP contribution >= 0.6 is 15.9 Å². The van der Waals surface area contributed by atoms with E-state index in [1.54, 1.807) is 11.0 Å². The Hall–Kier alpha value is -2.59. The monoisotopic (exact) mass is 441 g/mol. The fraction of sp³-hybridized carbons (Fsp3) is 0.381. The van der Waals surface area contributed by atoms with Crippen molar-refractivity contribution >= 4 is 33.3 Å². The molecular formula is C21H20BrN3O3. The number of carbonyl (C=O) groups is 2. The average Bonchev–Trinajstić information content (AvgIpc) is 2.82. The van der Waals surface area contributed by atoms with E-state index in [0.29, 0.717) is 30.0 Å². The molecule has 1 atom stereocenters. The van der Waals surface area contributed by atoms with Gasteiger partial charge in [0.15, 0.2) is 5.78 Å². The van der Waals surface area contributed by atoms with Gasteiger partial charge < -0.3 is 15.4 Å². The molecule has 0 radical (unpaired) electrons. The van der Waals surface area contributed by atoms with E-state index in [4.69, 9.17) is 10.5 Å². The molecule has 1 aliphatic carbocycles. The molecule has 0 saturated heterocycles. The molecule has 7 heteroatoms. The summed E-state index contributed by atoms with van der Waals surface area (Å²) < 4.78 is 6.51. The summed E-state index contributed by atoms with van der Waals surface area (Å²) in [5.74, 6) is -0.214. The minimum atomic E-state index is -1.55. The molecule has 4 rings (SSSR count). The zero-order chi connectivity index (χ0) is 20.4. The number of carbonyl (C=O) groups excluding carboxylic acids is 2. The number of fused-ring (bicyclic) bond motifs is 3. The van der Waals surface area contributed by atoms with Gasteiger partial charge >= 0.3 is 0 Å². The lowest BCUT2D eigenvalue weighted by molar-refractivity contribution is -0.125. The summed E-state index contributed by atoms with van der Waals surface area (Å²) in [6.45, 7) is 6.23. The predicted octanol–water partition coefficient (Wildman–Crippen LogP) is 3.42. The summed E-state index contributed by atoms with van der Waals surface area (Å²) >= 11 is 3.46. The first-order valence-corrected chi connectivity index (χ1v) is 9.93. The summed E-state index contributed by atoms with van der Waals surface area (Å²) in [6.07, 6.45) is 0.746. The molecule has 2 N–H and O–H groups in total. The van der Waals surface area contributed by atoms with Gasteiger partial charge in [-0.2, -0.15) is 5.26 Å². The Morgan fingerprint density at radius 1 is 1.32 bits per heavy atom. The zero-order valence-corrected chi connectivity index (χ0v) is 17.5. The first-order valence-electron chi connectivity index (χ1n) is 9.14. The number of ketones is 1. The van der Waals surface area contributed by atoms with Gasteiger partial charge in [0.25, 0.3) is 0 Å². The van der Waals surface area contributed by atoms with Crippen molar-refractivity contribution in [3.8, 4) is 6.07 Å². The lowest BCUT2D eigenvalue weighted by atomic mass is 9.62. The highest BCUT2D eigenvalue weighted by Gasteiger charge is 2.62. The number of Topliss-reactive ketones (excluding diaryl/α,β-unsaturated/α-hetero) is 1. The molecule has 2 aliphatic heterocycles. The number of amides is 1. The second-order valence-corrected chi connectivity index (χ2v) is 9.07. The van der Waals surface area contributed by atoms with Crippen LogP contribution in [0.5, 0.6) is 0 Å². The minimum absolute atomic E-state index is 0.0143. The number of hydrogen-bond donors (Lipinski definition) is 1. The Kier molecular flexibility index (Phi) is 3.99. The molecule has 3 aliphatic rings. The third-order valence-electron chi connectivity index (χ3n) is 5.71. The van der Waals surface area contributed by atoms with E-state index in [0.717, 1.165) is 4.47 Å². The fourth-order valence-electron chi connectivity index (χ4n) is 4.67. The highest BCUT2D eigenvalue weighted by atomic mass is 79.9. The van der Waals surface area contributed by atoms with E-state index in [2.05, 4.69) is 22.0 Å². The van der Waals surface area contributed by atoms with Gasteiger partial charge in [-0.15, -0.1) is 0 Å². The van der Waals surface area contributed by atoms with E-state index in [-0.39, 0.29) is 40.6 Å². The molecule has 28 heavy (non-hydrogen) atoms. The van der Waals surface area contributed by atoms with Crippen LogP contribution in [0.2, 0.25) is 0 Å². The van der Waals surface area contributed by atoms with E-state index in [9.17, 15) is 14.9 Å². The third kappa shape index (κ3) is 2.24. The molecular weight excluding hydrogens is 422 g/mol. The molecule has 0 saturated carbocycles. The smallest absolute Gasteiger partial charge is 0.247 e. The Balaban J connectivity index is 2.13. The molecule has 1 spiro atoms. The fourth-order valence-corrected chi connectivity index (χ4v) is 5.03. The van der Waals surface area contributed by atoms with Crippen molar-refractivity contribution in [1.29, 1.82) is 5.26 Å². The number of nitrogens with zero attached hydrogens (tertiary/aromatic N) is 2. The van der Waals surface area contributed by atoms with Crippen LogP contribution in [-0.2, 0) is 19.7 Å². The van der Waals surface area contributed by atoms with Gasteiger partial charge in [-0.05, 0) is 30.5 Å². The first-order chi connectivity index (χ1) is 13.2. The number of nitrogens with two attached hydrogens (primary N) is 1. The Morgan fingerprint density at radius 3 is 2.68 bits per heavy atom. The van der Waals surface area contributed by atoms with Crippen molar-refractivity contribution < 1.29 is 14.3 Å². The van der Waals surface area contributed by atoms with Crippen LogP contribution in [0.25, 0.3) is 0 Å². The van der Waals surface area contributed by atoms with Gasteiger partial charge in [-0.25, -0.2) is 0 Å². The minimum Gasteiger partial charge on any atom is -0.444 e. The van der Waals surface area contributed by atoms with E-state index >= 15 is 0 Å². The van der Waals surface area contributed by atoms with Gasteiger partial charge in [-0.3, -0.25) is 9.59 Å². The number of anilines is 1. The molecule has 1 aromatic carbocycles. The number of rotatable bonds is 1. The number of nitriles is 1. The summed E-state index contributed by atoms with van der Waals surface area (Å²) in [4.78, 5) is 28.7. The van der Waals surface area contributed by atoms with Crippen LogP contribution in [0.3, 0.4) is 0 Å². The molecule has 6 nitrogen and oxygen atoms in total. The summed E-state index contributed by atoms with van der Waals surface area (Å²) in [7, 11) is 0. The number of halogens is 1. The quantitative estimate of drug-likeness (QED) is 0.719. The van der Waals surface area contributed by atoms with Crippen molar-refractivity contribution in [1.82, 2.24) is 0 Å². The molecule has 1 unspecified atom stereocenters. The largest absolute Gasteiger partial charge is 0.444 e. The highest BCUT2D eigenvalue weighted by Crippen LogP contribution is 2.57. The molecule has 1 aromatic rings. The summed E-state index contributed by atoms with van der Waals surface area (Å²) in [6, 6.07) is 7.55. The number of hydrogen-bond acceptors (Lipinski definition) is 5. The van der Waals surface area contributed by atoms with Crippen molar-refractivity contribution in [2.45, 2.75) is 39.0 Å². The summed E-state index contributed by atoms with van der Waals surface area (Å²) in [5, 5.41) is 9.95. The van der Waals surface area contributed by atoms with Crippen molar-refractivity contribution in [3.05, 3.63) is 51.0 Å². The van der Waals surface area contributed by atoms with E-state index < -0.39 is 5.41 Å². The molecule has 0 bridgehead atoms. The van der Waals surface area contributed by atoms with Crippen molar-refractivity contribution in [2.24, 2.45) is 11.1 Å². The van der Waals surface area contributed by atoms with Crippen LogP contribution in [0, 0.1) is 16.7 Å². The second-order valence-electron chi connectivity index (χ2n) is 8.15. The van der Waals surface area contributed by atoms with Gasteiger partial charge in [0, 0.05) is 35.1 Å². The molecule has 0 fully saturated rings. The second kappa shape index (κ2) is 5.95. The lowest BCUT2D eigenvalue weighted by Crippen LogP contribution is -2.50. The number of benzene rings is 1. The number of likely N-dealkylation sites (N-methyl/N-ethyl adjacent to an activating group) is 1. The molecule has 1 amide bonds. The van der Waals surface area contributed by atoms with Crippen LogP contribution in [0.1, 0.15) is 39.2 Å². The van der Waals surface area contributed by atoms with Crippen molar-refractivity contribution in [3.63, 3.8) is 0 Å². The van der Waals surface area contributed by atoms with Gasteiger partial charge in [0.1, 0.15) is 22.8 Å². The highest BCUT2D eigenvalue weighted by molar-refractivity contribution is 9.10. The Labute approximate surface area is 171 Å². The van der Waals surface area contributed by atoms with Crippen LogP contribution < -0.4 is 10.6 Å². The van der Waals surface area contributed by atoms with Gasteiger partial charge in [0.2, 0.25) is 11.8 Å². The number of allylic oxidation sites excluding steroid dienone is 1. The summed E-state index contributed by atoms with van der Waals surface area (Å²) in [5.41, 5.74) is 5.80. The normalized spacial score (nSPS) is 25.6. The molecule has 0 aromatic heterocycles. The maximum atomic E-state index is 13.8. The molecule has 2 heterocycles. The maximum Gasteiger partial charge on any atom is 0.247 e. The van der Waals surface area contributed by atoms with E-state index in [1.807, 2.05) is 32.9 Å². The lowest BCUT2D eigenvalue weighted by Gasteiger charge is -2.41. The SMILES string of the molecule is CCN1C(=O)C2(C(C#N)=C(N)OC3=C2C(=O)CC(C)(C)C3)c2cc(Br)ccc21. The standard InChI is InChI=1S/C21H20BrN3O3/c1-4-25-14-6-5-11(22)7-12(14)21(19(25)27)13(10-23)18(24)28-16-9-20(2,3)8-15(26)17(16)21/h5-7H,4,8-9,24H2,1-3H3. The van der Waals surface area contributed by atoms with Crippen molar-refractivity contribution in [2.75, 3.05) is 11.4 Å². The van der Waals surface area contributed by atoms with Gasteiger partial charge in [-0.1, -0.05) is 29.8 Å². The Morgan fingerprint density at radius 2 is 2.04 bits per heavy atom. The Bertz CT molecular complexity index is 1050. The molecule has 144 valence electrons. The third-order valence-corrected chi connectivity index (χ3v) is 6.21. The number of ether oxygens (including phenoxy) is 1. The van der Waals surface area contributed by atoms with Crippen LogP contribution in [-0.4, -0.2) is 18.2 Å². The topological polar surface area (TPSA) is 96.4 Å². The van der Waals surface area contributed by atoms with Crippen LogP contribution in [0.15, 0.2) is 45.5 Å². The van der Waals surface area contributed by atoms with Gasteiger partial charge in [0.05, 0.1) is 5.57 Å². The van der Waals surface area contributed by atoms with Crippen LogP contribution in [0.4, 0.5) is 5.69 Å². The average molecular weight is 442 g/mol. The van der Waals surface area contributed by atoms with E-state index in [1.165, 1.54) is 0 Å². The maximum absolute atomic E-state index is 13.8. The predicted molar refractivity (Wildman–Crippen MR) is 107 cm³/mol. The zero-order valence-electron chi connectivity index (χ0n) is 15.9. The first kappa shape index (κ1) is 18.8.